The van der Waals surface area contributed by atoms with E-state index in [2.05, 4.69) is 0 Å². The summed E-state index contributed by atoms with van der Waals surface area (Å²) in [7, 11) is 0. The lowest BCUT2D eigenvalue weighted by Gasteiger charge is -2.12. The Kier molecular flexibility index (Phi) is 5.24. The molecule has 2 aromatic rings. The highest BCUT2D eigenvalue weighted by Gasteiger charge is 2.37. The molecule has 2 aliphatic rings. The van der Waals surface area contributed by atoms with Gasteiger partial charge in [0.05, 0.1) is 22.3 Å². The van der Waals surface area contributed by atoms with Gasteiger partial charge in [0.15, 0.2) is 0 Å². The van der Waals surface area contributed by atoms with Crippen molar-refractivity contribution >= 4 is 23.6 Å². The maximum atomic E-state index is 12.7. The number of hydrogen-bond donors (Lipinski definition) is 0. The lowest BCUT2D eigenvalue weighted by atomic mass is 9.97. The monoisotopic (exact) mass is 404 g/mol. The third-order valence-corrected chi connectivity index (χ3v) is 5.75. The minimum atomic E-state index is -0.275. The van der Waals surface area contributed by atoms with Gasteiger partial charge in [-0.1, -0.05) is 38.8 Å². The number of unbranched alkanes of at least 4 members (excludes halogenated alkanes) is 2. The molecular weight excluding hydrogens is 380 g/mol. The Balaban J connectivity index is 1.66. The predicted octanol–water partition coefficient (Wildman–Crippen LogP) is 4.15. The van der Waals surface area contributed by atoms with Gasteiger partial charge >= 0.3 is 0 Å². The molecule has 0 saturated carbocycles. The minimum Gasteiger partial charge on any atom is -0.274 e. The minimum absolute atomic E-state index is 0.253. The molecule has 2 aromatic carbocycles. The maximum absolute atomic E-state index is 12.7. The van der Waals surface area contributed by atoms with E-state index in [0.29, 0.717) is 35.3 Å². The molecule has 6 nitrogen and oxygen atoms in total. The number of carbonyl (C=O) groups is 4. The molecule has 0 N–H and O–H groups in total. The van der Waals surface area contributed by atoms with Gasteiger partial charge in [-0.25, -0.2) is 0 Å². The number of imide groups is 2. The number of nitrogens with zero attached hydrogens (tertiary/aromatic N) is 2. The van der Waals surface area contributed by atoms with Crippen molar-refractivity contribution in [3.05, 3.63) is 58.7 Å². The zero-order chi connectivity index (χ0) is 21.4. The van der Waals surface area contributed by atoms with Crippen molar-refractivity contribution in [2.45, 2.75) is 39.5 Å². The molecule has 4 rings (SSSR count). The standard InChI is InChI=1S/C24H24N2O4/c1-3-5-11-25-21(27)17-9-7-15(13-19(17)23(25)29)16-8-10-18-20(14-16)24(30)26(22(18)28)12-6-4-2/h7-10,13-14H,3-6,11-12H2,1-2H3. The Hall–Kier alpha value is -3.28. The average molecular weight is 404 g/mol. The third kappa shape index (κ3) is 3.12. The van der Waals surface area contributed by atoms with Crippen LogP contribution >= 0.6 is 0 Å². The van der Waals surface area contributed by atoms with Crippen LogP contribution in [0.2, 0.25) is 0 Å². The lowest BCUT2D eigenvalue weighted by Crippen LogP contribution is -2.30. The van der Waals surface area contributed by atoms with E-state index in [-0.39, 0.29) is 23.6 Å². The van der Waals surface area contributed by atoms with Gasteiger partial charge in [0.1, 0.15) is 0 Å². The molecular formula is C24H24N2O4. The third-order valence-electron chi connectivity index (χ3n) is 5.75. The van der Waals surface area contributed by atoms with Crippen molar-refractivity contribution in [3.8, 4) is 11.1 Å². The molecule has 6 heteroatoms. The summed E-state index contributed by atoms with van der Waals surface area (Å²) in [5, 5.41) is 0. The molecule has 0 saturated heterocycles. The van der Waals surface area contributed by atoms with Crippen molar-refractivity contribution in [1.82, 2.24) is 9.80 Å². The van der Waals surface area contributed by atoms with E-state index in [1.807, 2.05) is 13.8 Å². The summed E-state index contributed by atoms with van der Waals surface area (Å²) < 4.78 is 0. The SMILES string of the molecule is CCCCN1C(=O)c2ccc(-c3ccc4c(c3)C(=O)N(CCCC)C4=O)cc2C1=O. The Morgan fingerprint density at radius 3 is 1.30 bits per heavy atom. The first-order valence-corrected chi connectivity index (χ1v) is 10.5. The van der Waals surface area contributed by atoms with Crippen molar-refractivity contribution < 1.29 is 19.2 Å². The molecule has 0 aliphatic carbocycles. The van der Waals surface area contributed by atoms with E-state index in [4.69, 9.17) is 0 Å². The van der Waals surface area contributed by atoms with Crippen LogP contribution < -0.4 is 0 Å². The van der Waals surface area contributed by atoms with Gasteiger partial charge in [0.25, 0.3) is 23.6 Å². The second kappa shape index (κ2) is 7.86. The Labute approximate surface area is 175 Å². The van der Waals surface area contributed by atoms with Crippen LogP contribution in [-0.2, 0) is 0 Å². The fourth-order valence-electron chi connectivity index (χ4n) is 3.98. The second-order valence-electron chi connectivity index (χ2n) is 7.75. The molecule has 0 fully saturated rings. The van der Waals surface area contributed by atoms with E-state index in [1.54, 1.807) is 36.4 Å². The molecule has 0 spiro atoms. The van der Waals surface area contributed by atoms with E-state index < -0.39 is 0 Å². The highest BCUT2D eigenvalue weighted by molar-refractivity contribution is 6.23. The first kappa shape index (κ1) is 20.0. The Bertz CT molecular complexity index is 987. The summed E-state index contributed by atoms with van der Waals surface area (Å²) in [6.45, 7) is 4.86. The molecule has 0 radical (unpaired) electrons. The largest absolute Gasteiger partial charge is 0.274 e. The molecule has 0 bridgehead atoms. The van der Waals surface area contributed by atoms with Crippen LogP contribution in [0.5, 0.6) is 0 Å². The van der Waals surface area contributed by atoms with Crippen LogP contribution in [0.4, 0.5) is 0 Å². The molecule has 0 atom stereocenters. The lowest BCUT2D eigenvalue weighted by molar-refractivity contribution is 0.0636. The fraction of sp³-hybridized carbons (Fsp3) is 0.333. The van der Waals surface area contributed by atoms with Gasteiger partial charge < -0.3 is 0 Å². The summed E-state index contributed by atoms with van der Waals surface area (Å²) in [5.41, 5.74) is 3.09. The number of benzene rings is 2. The highest BCUT2D eigenvalue weighted by Crippen LogP contribution is 2.32. The number of fused-ring (bicyclic) bond motifs is 2. The van der Waals surface area contributed by atoms with E-state index >= 15 is 0 Å². The maximum Gasteiger partial charge on any atom is 0.261 e. The van der Waals surface area contributed by atoms with Crippen LogP contribution in [0.1, 0.15) is 81.0 Å². The van der Waals surface area contributed by atoms with Crippen molar-refractivity contribution in [2.75, 3.05) is 13.1 Å². The van der Waals surface area contributed by atoms with Crippen LogP contribution in [0.25, 0.3) is 11.1 Å². The fourth-order valence-corrected chi connectivity index (χ4v) is 3.98. The number of amides is 4. The smallest absolute Gasteiger partial charge is 0.261 e. The van der Waals surface area contributed by atoms with Crippen molar-refractivity contribution in [2.24, 2.45) is 0 Å². The quantitative estimate of drug-likeness (QED) is 0.650. The van der Waals surface area contributed by atoms with Crippen LogP contribution in [0, 0.1) is 0 Å². The second-order valence-corrected chi connectivity index (χ2v) is 7.75. The highest BCUT2D eigenvalue weighted by atomic mass is 16.2. The zero-order valence-electron chi connectivity index (χ0n) is 17.2. The molecule has 30 heavy (non-hydrogen) atoms. The normalized spacial score (nSPS) is 15.3. The summed E-state index contributed by atoms with van der Waals surface area (Å²) in [4.78, 5) is 53.1. The van der Waals surface area contributed by atoms with Gasteiger partial charge in [0.2, 0.25) is 0 Å². The number of hydrogen-bond acceptors (Lipinski definition) is 4. The Morgan fingerprint density at radius 1 is 0.567 bits per heavy atom. The molecule has 2 heterocycles. The van der Waals surface area contributed by atoms with Crippen LogP contribution in [0.3, 0.4) is 0 Å². The summed E-state index contributed by atoms with van der Waals surface area (Å²) in [5.74, 6) is -1.06. The molecule has 4 amide bonds. The van der Waals surface area contributed by atoms with Crippen molar-refractivity contribution in [1.29, 1.82) is 0 Å². The van der Waals surface area contributed by atoms with Gasteiger partial charge in [-0.15, -0.1) is 0 Å². The average Bonchev–Trinajstić information content (AvgIpc) is 3.14. The Morgan fingerprint density at radius 2 is 0.933 bits per heavy atom. The van der Waals surface area contributed by atoms with Gasteiger partial charge in [-0.2, -0.15) is 0 Å². The molecule has 0 aromatic heterocycles. The summed E-state index contributed by atoms with van der Waals surface area (Å²) in [6, 6.07) is 10.3. The topological polar surface area (TPSA) is 74.8 Å². The first-order chi connectivity index (χ1) is 14.5. The number of rotatable bonds is 7. The van der Waals surface area contributed by atoms with E-state index in [9.17, 15) is 19.2 Å². The molecule has 2 aliphatic heterocycles. The molecule has 0 unspecified atom stereocenters. The summed E-state index contributed by atoms with van der Waals surface area (Å²) in [6.07, 6.45) is 3.34. The van der Waals surface area contributed by atoms with E-state index in [0.717, 1.165) is 36.8 Å². The van der Waals surface area contributed by atoms with Gasteiger partial charge in [-0.05, 0) is 48.2 Å². The zero-order valence-corrected chi connectivity index (χ0v) is 17.2. The van der Waals surface area contributed by atoms with E-state index in [1.165, 1.54) is 9.80 Å². The van der Waals surface area contributed by atoms with Gasteiger partial charge in [0, 0.05) is 13.1 Å². The van der Waals surface area contributed by atoms with Crippen LogP contribution in [0.15, 0.2) is 36.4 Å². The number of carbonyl (C=O) groups excluding carboxylic acids is 4. The molecule has 154 valence electrons. The van der Waals surface area contributed by atoms with Crippen molar-refractivity contribution in [3.63, 3.8) is 0 Å². The first-order valence-electron chi connectivity index (χ1n) is 10.5. The van der Waals surface area contributed by atoms with Gasteiger partial charge in [-0.3, -0.25) is 29.0 Å². The predicted molar refractivity (Wildman–Crippen MR) is 112 cm³/mol. The van der Waals surface area contributed by atoms with Crippen LogP contribution in [-0.4, -0.2) is 46.5 Å². The summed E-state index contributed by atoms with van der Waals surface area (Å²) >= 11 is 0.